The zero-order valence-electron chi connectivity index (χ0n) is 10.7. The Kier molecular flexibility index (Phi) is 5.22. The summed E-state index contributed by atoms with van der Waals surface area (Å²) in [6.45, 7) is 3.85. The van der Waals surface area contributed by atoms with Crippen LogP contribution in [0.15, 0.2) is 16.6 Å². The standard InChI is InChI=1S/C13H17BrF3N/c1-8-7-11(14)9(2)6-10(8)12(18-3)4-5-13(15,16)17/h6-7,12,18H,4-5H2,1-3H3. The first kappa shape index (κ1) is 15.5. The molecule has 1 rings (SSSR count). The molecule has 1 atom stereocenters. The maximum absolute atomic E-state index is 12.3. The van der Waals surface area contributed by atoms with Crippen LogP contribution < -0.4 is 5.32 Å². The highest BCUT2D eigenvalue weighted by Crippen LogP contribution is 2.31. The first-order valence-corrected chi connectivity index (χ1v) is 6.54. The topological polar surface area (TPSA) is 12.0 Å². The van der Waals surface area contributed by atoms with Gasteiger partial charge in [0, 0.05) is 16.9 Å². The largest absolute Gasteiger partial charge is 0.389 e. The molecule has 0 aromatic heterocycles. The van der Waals surface area contributed by atoms with Crippen LogP contribution in [-0.4, -0.2) is 13.2 Å². The number of hydrogen-bond acceptors (Lipinski definition) is 1. The van der Waals surface area contributed by atoms with Crippen LogP contribution in [0.3, 0.4) is 0 Å². The molecule has 1 N–H and O–H groups in total. The van der Waals surface area contributed by atoms with Crippen LogP contribution in [0.4, 0.5) is 13.2 Å². The zero-order chi connectivity index (χ0) is 13.9. The van der Waals surface area contributed by atoms with E-state index in [-0.39, 0.29) is 12.5 Å². The minimum atomic E-state index is -4.10. The number of hydrogen-bond donors (Lipinski definition) is 1. The summed E-state index contributed by atoms with van der Waals surface area (Å²) < 4.78 is 37.8. The van der Waals surface area contributed by atoms with E-state index in [1.165, 1.54) is 0 Å². The third kappa shape index (κ3) is 4.28. The van der Waals surface area contributed by atoms with E-state index in [4.69, 9.17) is 0 Å². The maximum atomic E-state index is 12.3. The Morgan fingerprint density at radius 1 is 1.22 bits per heavy atom. The summed E-state index contributed by atoms with van der Waals surface area (Å²) in [6.07, 6.45) is -4.82. The number of aryl methyl sites for hydroxylation is 2. The summed E-state index contributed by atoms with van der Waals surface area (Å²) in [5.41, 5.74) is 2.96. The SMILES string of the molecule is CNC(CCC(F)(F)F)c1cc(C)c(Br)cc1C. The van der Waals surface area contributed by atoms with Crippen molar-refractivity contribution in [2.45, 2.75) is 38.9 Å². The van der Waals surface area contributed by atoms with Gasteiger partial charge in [0.2, 0.25) is 0 Å². The molecule has 0 aliphatic heterocycles. The Morgan fingerprint density at radius 2 is 1.83 bits per heavy atom. The zero-order valence-corrected chi connectivity index (χ0v) is 12.2. The number of nitrogens with one attached hydrogen (secondary N) is 1. The van der Waals surface area contributed by atoms with Crippen molar-refractivity contribution >= 4 is 15.9 Å². The Balaban J connectivity index is 2.92. The Morgan fingerprint density at radius 3 is 2.33 bits per heavy atom. The van der Waals surface area contributed by atoms with Crippen LogP contribution in [0, 0.1) is 13.8 Å². The second-order valence-corrected chi connectivity index (χ2v) is 5.31. The van der Waals surface area contributed by atoms with Crippen molar-refractivity contribution in [1.82, 2.24) is 5.32 Å². The maximum Gasteiger partial charge on any atom is 0.389 e. The van der Waals surface area contributed by atoms with Crippen molar-refractivity contribution in [3.05, 3.63) is 33.3 Å². The monoisotopic (exact) mass is 323 g/mol. The van der Waals surface area contributed by atoms with E-state index < -0.39 is 12.6 Å². The van der Waals surface area contributed by atoms with E-state index in [0.29, 0.717) is 0 Å². The Hall–Kier alpha value is -0.550. The number of alkyl halides is 3. The molecule has 102 valence electrons. The third-order valence-electron chi connectivity index (χ3n) is 2.99. The highest BCUT2D eigenvalue weighted by atomic mass is 79.9. The molecule has 0 fully saturated rings. The minimum absolute atomic E-state index is 0.0575. The van der Waals surface area contributed by atoms with Gasteiger partial charge in [0.05, 0.1) is 0 Å². The van der Waals surface area contributed by atoms with Crippen LogP contribution >= 0.6 is 15.9 Å². The molecule has 0 amide bonds. The lowest BCUT2D eigenvalue weighted by Crippen LogP contribution is -2.20. The molecule has 18 heavy (non-hydrogen) atoms. The van der Waals surface area contributed by atoms with Gasteiger partial charge in [-0.25, -0.2) is 0 Å². The highest BCUT2D eigenvalue weighted by molar-refractivity contribution is 9.10. The van der Waals surface area contributed by atoms with Crippen LogP contribution in [-0.2, 0) is 0 Å². The molecule has 0 saturated heterocycles. The molecule has 0 aliphatic carbocycles. The van der Waals surface area contributed by atoms with Gasteiger partial charge in [0.15, 0.2) is 0 Å². The molecule has 0 bridgehead atoms. The van der Waals surface area contributed by atoms with Crippen molar-refractivity contribution in [2.75, 3.05) is 7.05 Å². The van der Waals surface area contributed by atoms with Gasteiger partial charge >= 0.3 is 6.18 Å². The van der Waals surface area contributed by atoms with Crippen LogP contribution in [0.25, 0.3) is 0 Å². The van der Waals surface area contributed by atoms with Crippen molar-refractivity contribution in [2.24, 2.45) is 0 Å². The van der Waals surface area contributed by atoms with Crippen LogP contribution in [0.2, 0.25) is 0 Å². The molecule has 1 unspecified atom stereocenters. The predicted molar refractivity (Wildman–Crippen MR) is 70.7 cm³/mol. The molecule has 0 saturated carbocycles. The van der Waals surface area contributed by atoms with Gasteiger partial charge < -0.3 is 5.32 Å². The average Bonchev–Trinajstić information content (AvgIpc) is 2.24. The first-order chi connectivity index (χ1) is 8.24. The molecule has 1 aromatic carbocycles. The molecular weight excluding hydrogens is 307 g/mol. The fraction of sp³-hybridized carbons (Fsp3) is 0.538. The number of benzene rings is 1. The average molecular weight is 324 g/mol. The van der Waals surface area contributed by atoms with E-state index in [2.05, 4.69) is 21.2 Å². The van der Waals surface area contributed by atoms with Crippen molar-refractivity contribution in [1.29, 1.82) is 0 Å². The van der Waals surface area contributed by atoms with Gasteiger partial charge in [-0.05, 0) is 50.1 Å². The minimum Gasteiger partial charge on any atom is -0.313 e. The van der Waals surface area contributed by atoms with Gasteiger partial charge in [0.25, 0.3) is 0 Å². The lowest BCUT2D eigenvalue weighted by molar-refractivity contribution is -0.136. The summed E-state index contributed by atoms with van der Waals surface area (Å²) in [7, 11) is 1.69. The molecule has 0 heterocycles. The van der Waals surface area contributed by atoms with Crippen molar-refractivity contribution < 1.29 is 13.2 Å². The van der Waals surface area contributed by atoms with Crippen LogP contribution in [0.1, 0.15) is 35.6 Å². The van der Waals surface area contributed by atoms with Gasteiger partial charge in [-0.1, -0.05) is 22.0 Å². The second-order valence-electron chi connectivity index (χ2n) is 4.45. The van der Waals surface area contributed by atoms with Crippen LogP contribution in [0.5, 0.6) is 0 Å². The Labute approximate surface area is 114 Å². The van der Waals surface area contributed by atoms with E-state index in [9.17, 15) is 13.2 Å². The molecule has 1 aromatic rings. The fourth-order valence-electron chi connectivity index (χ4n) is 1.94. The van der Waals surface area contributed by atoms with Crippen molar-refractivity contribution in [3.63, 3.8) is 0 Å². The highest BCUT2D eigenvalue weighted by Gasteiger charge is 2.28. The van der Waals surface area contributed by atoms with Crippen molar-refractivity contribution in [3.8, 4) is 0 Å². The summed E-state index contributed by atoms with van der Waals surface area (Å²) in [5.74, 6) is 0. The molecule has 5 heteroatoms. The lowest BCUT2D eigenvalue weighted by atomic mass is 9.96. The number of halogens is 4. The third-order valence-corrected chi connectivity index (χ3v) is 3.84. The normalized spacial score (nSPS) is 13.7. The van der Waals surface area contributed by atoms with Gasteiger partial charge in [0.1, 0.15) is 0 Å². The fourth-order valence-corrected chi connectivity index (χ4v) is 2.40. The first-order valence-electron chi connectivity index (χ1n) is 5.75. The molecular formula is C13H17BrF3N. The van der Waals surface area contributed by atoms with Gasteiger partial charge in [-0.2, -0.15) is 13.2 Å². The summed E-state index contributed by atoms with van der Waals surface area (Å²) >= 11 is 3.42. The molecule has 0 aliphatic rings. The summed E-state index contributed by atoms with van der Waals surface area (Å²) in [6, 6.07) is 3.62. The van der Waals surface area contributed by atoms with E-state index in [1.807, 2.05) is 26.0 Å². The summed E-state index contributed by atoms with van der Waals surface area (Å²) in [5, 5.41) is 2.96. The molecule has 0 spiro atoms. The number of rotatable bonds is 4. The molecule has 1 nitrogen and oxygen atoms in total. The molecule has 0 radical (unpaired) electrons. The van der Waals surface area contributed by atoms with E-state index in [0.717, 1.165) is 21.2 Å². The predicted octanol–water partition coefficient (Wildman–Crippen LogP) is 4.67. The van der Waals surface area contributed by atoms with E-state index >= 15 is 0 Å². The van der Waals surface area contributed by atoms with E-state index in [1.54, 1.807) is 7.05 Å². The van der Waals surface area contributed by atoms with Gasteiger partial charge in [-0.15, -0.1) is 0 Å². The smallest absolute Gasteiger partial charge is 0.313 e. The Bertz CT molecular complexity index is 415. The summed E-state index contributed by atoms with van der Waals surface area (Å²) in [4.78, 5) is 0. The lowest BCUT2D eigenvalue weighted by Gasteiger charge is -2.20. The second kappa shape index (κ2) is 6.06. The quantitative estimate of drug-likeness (QED) is 0.849. The van der Waals surface area contributed by atoms with Gasteiger partial charge in [-0.3, -0.25) is 0 Å².